The van der Waals surface area contributed by atoms with E-state index in [-0.39, 0.29) is 6.42 Å². The fourth-order valence-corrected chi connectivity index (χ4v) is 1.56. The number of rotatable bonds is 3. The van der Waals surface area contributed by atoms with Crippen molar-refractivity contribution < 1.29 is 19.1 Å². The van der Waals surface area contributed by atoms with Crippen molar-refractivity contribution >= 4 is 12.1 Å². The van der Waals surface area contributed by atoms with Crippen molar-refractivity contribution in [3.63, 3.8) is 0 Å². The summed E-state index contributed by atoms with van der Waals surface area (Å²) in [6, 6.07) is 8.51. The molecule has 0 spiro atoms. The zero-order valence-corrected chi connectivity index (χ0v) is 13.3. The fraction of sp³-hybridized carbons (Fsp3) is 0.412. The Morgan fingerprint density at radius 3 is 2.41 bits per heavy atom. The van der Waals surface area contributed by atoms with Gasteiger partial charge in [0, 0.05) is 12.0 Å². The van der Waals surface area contributed by atoms with Crippen LogP contribution < -0.4 is 5.32 Å². The van der Waals surface area contributed by atoms with Gasteiger partial charge in [-0.3, -0.25) is 0 Å². The first-order valence-corrected chi connectivity index (χ1v) is 6.93. The van der Waals surface area contributed by atoms with Gasteiger partial charge in [-0.15, -0.1) is 0 Å². The Labute approximate surface area is 131 Å². The number of ether oxygens (including phenoxy) is 2. The van der Waals surface area contributed by atoms with Crippen LogP contribution in [-0.4, -0.2) is 30.8 Å². The van der Waals surface area contributed by atoms with Crippen molar-refractivity contribution in [3.8, 4) is 11.8 Å². The molecule has 0 radical (unpaired) electrons. The van der Waals surface area contributed by atoms with E-state index in [1.165, 1.54) is 7.11 Å². The molecule has 0 heterocycles. The van der Waals surface area contributed by atoms with Crippen LogP contribution in [0.25, 0.3) is 0 Å². The first kappa shape index (κ1) is 17.6. The van der Waals surface area contributed by atoms with Crippen LogP contribution in [0, 0.1) is 11.8 Å². The van der Waals surface area contributed by atoms with E-state index in [4.69, 9.17) is 4.74 Å². The Hall–Kier alpha value is -2.48. The molecule has 5 nitrogen and oxygen atoms in total. The van der Waals surface area contributed by atoms with Crippen LogP contribution in [0.1, 0.15) is 32.8 Å². The van der Waals surface area contributed by atoms with Gasteiger partial charge in [-0.2, -0.15) is 0 Å². The summed E-state index contributed by atoms with van der Waals surface area (Å²) >= 11 is 0. The molecule has 0 bridgehead atoms. The Kier molecular flexibility index (Phi) is 6.46. The number of hydrogen-bond donors (Lipinski definition) is 1. The summed E-state index contributed by atoms with van der Waals surface area (Å²) in [5.74, 6) is 5.23. The van der Waals surface area contributed by atoms with Crippen molar-refractivity contribution in [2.24, 2.45) is 0 Å². The summed E-state index contributed by atoms with van der Waals surface area (Å²) in [4.78, 5) is 23.4. The Morgan fingerprint density at radius 2 is 1.86 bits per heavy atom. The molecule has 0 fully saturated rings. The molecule has 118 valence electrons. The molecule has 0 aliphatic heterocycles. The molecule has 0 aliphatic rings. The third-order valence-electron chi connectivity index (χ3n) is 2.49. The zero-order valence-electron chi connectivity index (χ0n) is 13.3. The highest BCUT2D eigenvalue weighted by Crippen LogP contribution is 2.07. The minimum absolute atomic E-state index is 0.140. The summed E-state index contributed by atoms with van der Waals surface area (Å²) < 4.78 is 9.79. The maximum atomic E-state index is 11.7. The smallest absolute Gasteiger partial charge is 0.408 e. The molecular weight excluding hydrogens is 282 g/mol. The molecule has 22 heavy (non-hydrogen) atoms. The molecular formula is C17H21NO4. The van der Waals surface area contributed by atoms with E-state index in [1.807, 2.05) is 30.3 Å². The van der Waals surface area contributed by atoms with Gasteiger partial charge >= 0.3 is 12.1 Å². The largest absolute Gasteiger partial charge is 0.467 e. The molecule has 0 aliphatic carbocycles. The lowest BCUT2D eigenvalue weighted by atomic mass is 10.2. The van der Waals surface area contributed by atoms with Crippen molar-refractivity contribution in [2.75, 3.05) is 7.11 Å². The predicted octanol–water partition coefficient (Wildman–Crippen LogP) is 2.49. The third kappa shape index (κ3) is 6.80. The molecule has 1 N–H and O–H groups in total. The van der Waals surface area contributed by atoms with Gasteiger partial charge in [-0.05, 0) is 32.9 Å². The summed E-state index contributed by atoms with van der Waals surface area (Å²) in [6.45, 7) is 5.23. The maximum Gasteiger partial charge on any atom is 0.408 e. The molecule has 1 rings (SSSR count). The highest BCUT2D eigenvalue weighted by atomic mass is 16.6. The van der Waals surface area contributed by atoms with Gasteiger partial charge < -0.3 is 14.8 Å². The standard InChI is InChI=1S/C17H21NO4/c1-17(2,3)22-16(20)18-14(15(19)21-4)12-8-11-13-9-6-5-7-10-13/h5-7,9-10,14H,12H2,1-4H3,(H,18,20)/t14-/m0/s1. The van der Waals surface area contributed by atoms with Crippen LogP contribution in [0.15, 0.2) is 30.3 Å². The van der Waals surface area contributed by atoms with Crippen molar-refractivity contribution in [2.45, 2.75) is 38.8 Å². The second kappa shape index (κ2) is 8.08. The number of methoxy groups -OCH3 is 1. The first-order valence-electron chi connectivity index (χ1n) is 6.93. The van der Waals surface area contributed by atoms with Gasteiger partial charge in [0.1, 0.15) is 11.6 Å². The van der Waals surface area contributed by atoms with E-state index in [2.05, 4.69) is 21.9 Å². The second-order valence-corrected chi connectivity index (χ2v) is 5.59. The topological polar surface area (TPSA) is 64.6 Å². The molecule has 0 aromatic heterocycles. The van der Waals surface area contributed by atoms with E-state index in [0.717, 1.165) is 5.56 Å². The number of esters is 1. The molecule has 1 atom stereocenters. The van der Waals surface area contributed by atoms with Crippen LogP contribution in [0.3, 0.4) is 0 Å². The van der Waals surface area contributed by atoms with Gasteiger partial charge in [-0.1, -0.05) is 30.0 Å². The van der Waals surface area contributed by atoms with E-state index < -0.39 is 23.7 Å². The summed E-state index contributed by atoms with van der Waals surface area (Å²) in [5, 5.41) is 2.47. The maximum absolute atomic E-state index is 11.7. The van der Waals surface area contributed by atoms with Crippen LogP contribution in [0.2, 0.25) is 0 Å². The molecule has 0 saturated heterocycles. The summed E-state index contributed by atoms with van der Waals surface area (Å²) in [6.07, 6.45) is -0.537. The molecule has 1 aromatic rings. The highest BCUT2D eigenvalue weighted by Gasteiger charge is 2.24. The van der Waals surface area contributed by atoms with Crippen LogP contribution in [-0.2, 0) is 14.3 Å². The molecule has 0 unspecified atom stereocenters. The molecule has 0 saturated carbocycles. The number of carbonyl (C=O) groups excluding carboxylic acids is 2. The number of nitrogens with one attached hydrogen (secondary N) is 1. The van der Waals surface area contributed by atoms with Crippen molar-refractivity contribution in [3.05, 3.63) is 35.9 Å². The zero-order chi connectivity index (χ0) is 16.6. The second-order valence-electron chi connectivity index (χ2n) is 5.59. The summed E-state index contributed by atoms with van der Waals surface area (Å²) in [7, 11) is 1.26. The minimum Gasteiger partial charge on any atom is -0.467 e. The SMILES string of the molecule is COC(=O)[C@H](CC#Cc1ccccc1)NC(=O)OC(C)(C)C. The Bertz CT molecular complexity index is 564. The van der Waals surface area contributed by atoms with E-state index in [9.17, 15) is 9.59 Å². The summed E-state index contributed by atoms with van der Waals surface area (Å²) in [5.41, 5.74) is 0.198. The number of amides is 1. The lowest BCUT2D eigenvalue weighted by Gasteiger charge is -2.21. The molecule has 1 amide bonds. The highest BCUT2D eigenvalue weighted by molar-refractivity contribution is 5.81. The number of hydrogen-bond acceptors (Lipinski definition) is 4. The van der Waals surface area contributed by atoms with E-state index in [0.29, 0.717) is 0 Å². The molecule has 1 aromatic carbocycles. The predicted molar refractivity (Wildman–Crippen MR) is 83.1 cm³/mol. The van der Waals surface area contributed by atoms with Crippen molar-refractivity contribution in [1.29, 1.82) is 0 Å². The fourth-order valence-electron chi connectivity index (χ4n) is 1.56. The van der Waals surface area contributed by atoms with Gasteiger partial charge in [-0.25, -0.2) is 9.59 Å². The minimum atomic E-state index is -0.865. The quantitative estimate of drug-likeness (QED) is 0.688. The monoisotopic (exact) mass is 303 g/mol. The number of carbonyl (C=O) groups is 2. The first-order chi connectivity index (χ1) is 10.3. The number of benzene rings is 1. The van der Waals surface area contributed by atoms with Crippen LogP contribution in [0.4, 0.5) is 4.79 Å². The van der Waals surface area contributed by atoms with Gasteiger partial charge in [0.05, 0.1) is 7.11 Å². The van der Waals surface area contributed by atoms with Gasteiger partial charge in [0.2, 0.25) is 0 Å². The normalized spacial score (nSPS) is 11.6. The van der Waals surface area contributed by atoms with Gasteiger partial charge in [0.15, 0.2) is 0 Å². The third-order valence-corrected chi connectivity index (χ3v) is 2.49. The van der Waals surface area contributed by atoms with Crippen LogP contribution in [0.5, 0.6) is 0 Å². The average molecular weight is 303 g/mol. The van der Waals surface area contributed by atoms with E-state index >= 15 is 0 Å². The lowest BCUT2D eigenvalue weighted by molar-refractivity contribution is -0.143. The van der Waals surface area contributed by atoms with Crippen molar-refractivity contribution in [1.82, 2.24) is 5.32 Å². The van der Waals surface area contributed by atoms with Crippen LogP contribution >= 0.6 is 0 Å². The average Bonchev–Trinajstić information content (AvgIpc) is 2.44. The van der Waals surface area contributed by atoms with E-state index in [1.54, 1.807) is 20.8 Å². The molecule has 5 heteroatoms. The Morgan fingerprint density at radius 1 is 1.23 bits per heavy atom. The Balaban J connectivity index is 2.68. The lowest BCUT2D eigenvalue weighted by Crippen LogP contribution is -2.43. The number of alkyl carbamates (subject to hydrolysis) is 1. The van der Waals surface area contributed by atoms with Gasteiger partial charge in [0.25, 0.3) is 0 Å².